The SMILES string of the molecule is CC(C)(C)C(=O)NC(=S)Nc1ccc(S(=O)(=O)NCc2ccco2)cc1. The van der Waals surface area contributed by atoms with Gasteiger partial charge in [-0.2, -0.15) is 0 Å². The zero-order chi connectivity index (χ0) is 19.4. The van der Waals surface area contributed by atoms with E-state index in [9.17, 15) is 13.2 Å². The van der Waals surface area contributed by atoms with Crippen LogP contribution in [-0.4, -0.2) is 19.4 Å². The van der Waals surface area contributed by atoms with Gasteiger partial charge in [0.05, 0.1) is 17.7 Å². The first kappa shape index (κ1) is 20.1. The molecule has 1 aromatic carbocycles. The number of hydrogen-bond acceptors (Lipinski definition) is 5. The minimum atomic E-state index is -3.66. The minimum Gasteiger partial charge on any atom is -0.468 e. The van der Waals surface area contributed by atoms with E-state index in [0.717, 1.165) is 0 Å². The molecule has 140 valence electrons. The fourth-order valence-corrected chi connectivity index (χ4v) is 3.04. The zero-order valence-electron chi connectivity index (χ0n) is 14.7. The number of carbonyl (C=O) groups excluding carboxylic acids is 1. The second-order valence-electron chi connectivity index (χ2n) is 6.59. The average molecular weight is 396 g/mol. The van der Waals surface area contributed by atoms with Crippen LogP contribution in [0.2, 0.25) is 0 Å². The van der Waals surface area contributed by atoms with Crippen LogP contribution >= 0.6 is 12.2 Å². The molecule has 0 saturated carbocycles. The number of rotatable bonds is 5. The van der Waals surface area contributed by atoms with E-state index in [-0.39, 0.29) is 22.5 Å². The molecule has 1 heterocycles. The van der Waals surface area contributed by atoms with Crippen molar-refractivity contribution in [2.45, 2.75) is 32.2 Å². The number of furan rings is 1. The van der Waals surface area contributed by atoms with Crippen molar-refractivity contribution >= 4 is 38.9 Å². The van der Waals surface area contributed by atoms with Crippen molar-refractivity contribution in [3.05, 3.63) is 48.4 Å². The van der Waals surface area contributed by atoms with Crippen LogP contribution in [0.25, 0.3) is 0 Å². The third-order valence-electron chi connectivity index (χ3n) is 3.35. The lowest BCUT2D eigenvalue weighted by Crippen LogP contribution is -2.41. The molecule has 0 aliphatic carbocycles. The van der Waals surface area contributed by atoms with E-state index in [1.54, 1.807) is 45.0 Å². The molecule has 2 rings (SSSR count). The Labute approximate surface area is 158 Å². The summed E-state index contributed by atoms with van der Waals surface area (Å²) in [7, 11) is -3.66. The molecule has 0 unspecified atom stereocenters. The molecule has 0 bridgehead atoms. The van der Waals surface area contributed by atoms with Crippen LogP contribution < -0.4 is 15.4 Å². The molecule has 0 atom stereocenters. The second-order valence-corrected chi connectivity index (χ2v) is 8.76. The van der Waals surface area contributed by atoms with Gasteiger partial charge in [0, 0.05) is 11.1 Å². The summed E-state index contributed by atoms with van der Waals surface area (Å²) in [5.41, 5.74) is -0.00207. The number of hydrogen-bond donors (Lipinski definition) is 3. The Kier molecular flexibility index (Phi) is 6.17. The molecule has 1 amide bonds. The molecule has 2 aromatic rings. The summed E-state index contributed by atoms with van der Waals surface area (Å²) < 4.78 is 32.1. The van der Waals surface area contributed by atoms with E-state index in [2.05, 4.69) is 15.4 Å². The molecule has 0 radical (unpaired) electrons. The standard InChI is InChI=1S/C17H21N3O4S2/c1-17(2,3)15(21)20-16(25)19-12-6-8-14(9-7-12)26(22,23)18-11-13-5-4-10-24-13/h4-10,18H,11H2,1-3H3,(H2,19,20,21,25). The van der Waals surface area contributed by atoms with Gasteiger partial charge in [-0.1, -0.05) is 20.8 Å². The van der Waals surface area contributed by atoms with Crippen molar-refractivity contribution < 1.29 is 17.6 Å². The van der Waals surface area contributed by atoms with Crippen LogP contribution in [0.5, 0.6) is 0 Å². The lowest BCUT2D eigenvalue weighted by molar-refractivity contribution is -0.126. The summed E-state index contributed by atoms with van der Waals surface area (Å²) in [4.78, 5) is 12.0. The molecule has 9 heteroatoms. The fraction of sp³-hybridized carbons (Fsp3) is 0.294. The Balaban J connectivity index is 1.96. The van der Waals surface area contributed by atoms with E-state index in [1.165, 1.54) is 18.4 Å². The minimum absolute atomic E-state index is 0.0677. The van der Waals surface area contributed by atoms with Crippen LogP contribution in [0, 0.1) is 5.41 Å². The highest BCUT2D eigenvalue weighted by Gasteiger charge is 2.22. The topological polar surface area (TPSA) is 100 Å². The number of amides is 1. The Hall–Kier alpha value is -2.23. The molecule has 0 saturated heterocycles. The highest BCUT2D eigenvalue weighted by atomic mass is 32.2. The van der Waals surface area contributed by atoms with Crippen LogP contribution in [0.3, 0.4) is 0 Å². The molecule has 1 aromatic heterocycles. The Bertz CT molecular complexity index is 868. The molecular formula is C17H21N3O4S2. The lowest BCUT2D eigenvalue weighted by Gasteiger charge is -2.18. The van der Waals surface area contributed by atoms with Crippen molar-refractivity contribution in [2.24, 2.45) is 5.41 Å². The van der Waals surface area contributed by atoms with Crippen LogP contribution in [-0.2, 0) is 21.4 Å². The van der Waals surface area contributed by atoms with Crippen LogP contribution in [0.1, 0.15) is 26.5 Å². The van der Waals surface area contributed by atoms with Gasteiger partial charge < -0.3 is 15.1 Å². The molecule has 0 aliphatic heterocycles. The Morgan fingerprint density at radius 2 is 1.81 bits per heavy atom. The molecule has 0 fully saturated rings. The van der Waals surface area contributed by atoms with Crippen molar-refractivity contribution in [3.63, 3.8) is 0 Å². The smallest absolute Gasteiger partial charge is 0.240 e. The van der Waals surface area contributed by atoms with Crippen LogP contribution in [0.4, 0.5) is 5.69 Å². The summed E-state index contributed by atoms with van der Waals surface area (Å²) in [6, 6.07) is 9.39. The van der Waals surface area contributed by atoms with Gasteiger partial charge in [-0.05, 0) is 48.6 Å². The predicted octanol–water partition coefficient (Wildman–Crippen LogP) is 2.62. The molecule has 26 heavy (non-hydrogen) atoms. The van der Waals surface area contributed by atoms with E-state index < -0.39 is 15.4 Å². The first-order chi connectivity index (χ1) is 12.1. The van der Waals surface area contributed by atoms with Gasteiger partial charge in [0.25, 0.3) is 0 Å². The number of anilines is 1. The van der Waals surface area contributed by atoms with Crippen molar-refractivity contribution in [2.75, 3.05) is 5.32 Å². The van der Waals surface area contributed by atoms with Gasteiger partial charge in [-0.3, -0.25) is 4.79 Å². The van der Waals surface area contributed by atoms with Crippen molar-refractivity contribution in [3.8, 4) is 0 Å². The highest BCUT2D eigenvalue weighted by molar-refractivity contribution is 7.89. The summed E-state index contributed by atoms with van der Waals surface area (Å²) in [6.45, 7) is 5.40. The normalized spacial score (nSPS) is 11.8. The average Bonchev–Trinajstić information content (AvgIpc) is 3.06. The van der Waals surface area contributed by atoms with E-state index in [0.29, 0.717) is 11.4 Å². The zero-order valence-corrected chi connectivity index (χ0v) is 16.3. The third kappa shape index (κ3) is 5.65. The van der Waals surface area contributed by atoms with Gasteiger partial charge in [-0.15, -0.1) is 0 Å². The van der Waals surface area contributed by atoms with Gasteiger partial charge in [-0.25, -0.2) is 13.1 Å². The maximum Gasteiger partial charge on any atom is 0.240 e. The molecule has 7 nitrogen and oxygen atoms in total. The highest BCUT2D eigenvalue weighted by Crippen LogP contribution is 2.16. The van der Waals surface area contributed by atoms with E-state index >= 15 is 0 Å². The van der Waals surface area contributed by atoms with Crippen molar-refractivity contribution in [1.29, 1.82) is 0 Å². The van der Waals surface area contributed by atoms with Gasteiger partial charge in [0.15, 0.2) is 5.11 Å². The number of nitrogens with one attached hydrogen (secondary N) is 3. The van der Waals surface area contributed by atoms with E-state index in [1.807, 2.05) is 0 Å². The first-order valence-electron chi connectivity index (χ1n) is 7.82. The lowest BCUT2D eigenvalue weighted by atomic mass is 9.96. The molecular weight excluding hydrogens is 374 g/mol. The number of sulfonamides is 1. The number of benzene rings is 1. The van der Waals surface area contributed by atoms with Gasteiger partial charge in [0.1, 0.15) is 5.76 Å². The Morgan fingerprint density at radius 1 is 1.15 bits per heavy atom. The summed E-state index contributed by atoms with van der Waals surface area (Å²) in [6.07, 6.45) is 1.48. The molecule has 0 aliphatic rings. The molecule has 3 N–H and O–H groups in total. The summed E-state index contributed by atoms with van der Waals surface area (Å²) >= 11 is 5.09. The van der Waals surface area contributed by atoms with Gasteiger partial charge in [0.2, 0.25) is 15.9 Å². The van der Waals surface area contributed by atoms with E-state index in [4.69, 9.17) is 16.6 Å². The third-order valence-corrected chi connectivity index (χ3v) is 4.97. The summed E-state index contributed by atoms with van der Waals surface area (Å²) in [5, 5.41) is 5.59. The maximum atomic E-state index is 12.3. The fourth-order valence-electron chi connectivity index (χ4n) is 1.83. The largest absolute Gasteiger partial charge is 0.468 e. The number of thiocarbonyl (C=S) groups is 1. The maximum absolute atomic E-state index is 12.3. The second kappa shape index (κ2) is 7.98. The first-order valence-corrected chi connectivity index (χ1v) is 9.71. The number of carbonyl (C=O) groups is 1. The predicted molar refractivity (Wildman–Crippen MR) is 103 cm³/mol. The summed E-state index contributed by atoms with van der Waals surface area (Å²) in [5.74, 6) is 0.308. The molecule has 0 spiro atoms. The quantitative estimate of drug-likeness (QED) is 0.673. The monoisotopic (exact) mass is 395 g/mol. The Morgan fingerprint density at radius 3 is 2.35 bits per heavy atom. The van der Waals surface area contributed by atoms with Crippen molar-refractivity contribution in [1.82, 2.24) is 10.0 Å². The van der Waals surface area contributed by atoms with Crippen LogP contribution in [0.15, 0.2) is 52.0 Å². The van der Waals surface area contributed by atoms with Gasteiger partial charge >= 0.3 is 0 Å².